The van der Waals surface area contributed by atoms with Crippen molar-refractivity contribution >= 4 is 0 Å². The normalized spacial score (nSPS) is 18.6. The minimum Gasteiger partial charge on any atom is -0.394 e. The molecule has 6 heteroatoms. The number of aromatic nitrogens is 2. The van der Waals surface area contributed by atoms with Gasteiger partial charge in [0.25, 0.3) is 0 Å². The van der Waals surface area contributed by atoms with Crippen LogP contribution in [0, 0.1) is 0 Å². The Morgan fingerprint density at radius 1 is 1.35 bits per heavy atom. The molecule has 0 bridgehead atoms. The fourth-order valence-corrected chi connectivity index (χ4v) is 2.28. The van der Waals surface area contributed by atoms with Gasteiger partial charge in [0.2, 0.25) is 5.89 Å². The lowest BCUT2D eigenvalue weighted by atomic mass is 9.97. The summed E-state index contributed by atoms with van der Waals surface area (Å²) in [7, 11) is 0. The van der Waals surface area contributed by atoms with Gasteiger partial charge in [-0.1, -0.05) is 25.9 Å². The standard InChI is InChI=1S/C14H25N3O3/c1-14(2,3)13-15-12(16-20-13)10-17-6-4-11(5-7-17)19-9-8-18/h11,18H,4-10H2,1-3H3. The van der Waals surface area contributed by atoms with Crippen LogP contribution in [-0.4, -0.2) is 52.6 Å². The zero-order valence-corrected chi connectivity index (χ0v) is 12.6. The van der Waals surface area contributed by atoms with Crippen LogP contribution < -0.4 is 0 Å². The van der Waals surface area contributed by atoms with Crippen LogP contribution in [0.25, 0.3) is 0 Å². The molecule has 6 nitrogen and oxygen atoms in total. The molecule has 1 fully saturated rings. The third kappa shape index (κ3) is 4.26. The average molecular weight is 283 g/mol. The van der Waals surface area contributed by atoms with Gasteiger partial charge in [0.1, 0.15) is 0 Å². The molecule has 114 valence electrons. The first-order valence-electron chi connectivity index (χ1n) is 7.27. The maximum atomic E-state index is 8.75. The highest BCUT2D eigenvalue weighted by Gasteiger charge is 2.24. The Bertz CT molecular complexity index is 406. The summed E-state index contributed by atoms with van der Waals surface area (Å²) in [6.07, 6.45) is 2.25. The Hall–Kier alpha value is -0.980. The third-order valence-electron chi connectivity index (χ3n) is 3.45. The summed E-state index contributed by atoms with van der Waals surface area (Å²) in [6.45, 7) is 9.39. The number of nitrogens with zero attached hydrogens (tertiary/aromatic N) is 3. The second kappa shape index (κ2) is 6.65. The van der Waals surface area contributed by atoms with Crippen molar-refractivity contribution in [3.8, 4) is 0 Å². The summed E-state index contributed by atoms with van der Waals surface area (Å²) in [5.41, 5.74) is -0.101. The Morgan fingerprint density at radius 2 is 2.05 bits per heavy atom. The van der Waals surface area contributed by atoms with Crippen molar-refractivity contribution in [1.29, 1.82) is 0 Å². The summed E-state index contributed by atoms with van der Waals surface area (Å²) < 4.78 is 10.9. The van der Waals surface area contributed by atoms with E-state index in [1.54, 1.807) is 0 Å². The van der Waals surface area contributed by atoms with E-state index in [2.05, 4.69) is 35.8 Å². The Morgan fingerprint density at radius 3 is 2.60 bits per heavy atom. The molecule has 0 aliphatic carbocycles. The molecule has 2 heterocycles. The van der Waals surface area contributed by atoms with Gasteiger partial charge >= 0.3 is 0 Å². The molecule has 2 rings (SSSR count). The van der Waals surface area contributed by atoms with Crippen molar-refractivity contribution in [2.45, 2.75) is 51.7 Å². The Balaban J connectivity index is 1.79. The summed E-state index contributed by atoms with van der Waals surface area (Å²) in [5.74, 6) is 1.44. The maximum absolute atomic E-state index is 8.75. The van der Waals surface area contributed by atoms with Gasteiger partial charge < -0.3 is 14.4 Å². The van der Waals surface area contributed by atoms with Crippen LogP contribution in [0.1, 0.15) is 45.3 Å². The Labute approximate surface area is 120 Å². The predicted octanol–water partition coefficient (Wildman–Crippen LogP) is 1.34. The van der Waals surface area contributed by atoms with Crippen LogP contribution >= 0.6 is 0 Å². The smallest absolute Gasteiger partial charge is 0.232 e. The molecule has 0 amide bonds. The van der Waals surface area contributed by atoms with Gasteiger partial charge in [0, 0.05) is 18.5 Å². The van der Waals surface area contributed by atoms with Crippen molar-refractivity contribution in [3.63, 3.8) is 0 Å². The first-order valence-corrected chi connectivity index (χ1v) is 7.27. The monoisotopic (exact) mass is 283 g/mol. The van der Waals surface area contributed by atoms with Crippen molar-refractivity contribution in [2.24, 2.45) is 0 Å². The van der Waals surface area contributed by atoms with Gasteiger partial charge in [0.15, 0.2) is 5.82 Å². The molecule has 0 aromatic carbocycles. The molecule has 1 aliphatic heterocycles. The van der Waals surface area contributed by atoms with Crippen LogP contribution in [0.3, 0.4) is 0 Å². The largest absolute Gasteiger partial charge is 0.394 e. The highest BCUT2D eigenvalue weighted by atomic mass is 16.5. The molecule has 1 aromatic heterocycles. The molecule has 0 atom stereocenters. The summed E-state index contributed by atoms with van der Waals surface area (Å²) in [5, 5.41) is 12.8. The number of ether oxygens (including phenoxy) is 1. The van der Waals surface area contributed by atoms with E-state index in [9.17, 15) is 0 Å². The number of aliphatic hydroxyl groups is 1. The second-order valence-corrected chi connectivity index (χ2v) is 6.34. The molecular formula is C14H25N3O3. The van der Waals surface area contributed by atoms with Crippen molar-refractivity contribution in [3.05, 3.63) is 11.7 Å². The van der Waals surface area contributed by atoms with E-state index < -0.39 is 0 Å². The molecule has 1 aromatic rings. The molecule has 0 unspecified atom stereocenters. The fraction of sp³-hybridized carbons (Fsp3) is 0.857. The number of hydrogen-bond acceptors (Lipinski definition) is 6. The van der Waals surface area contributed by atoms with Crippen molar-refractivity contribution < 1.29 is 14.4 Å². The quantitative estimate of drug-likeness (QED) is 0.879. The lowest BCUT2D eigenvalue weighted by Gasteiger charge is -2.30. The molecule has 1 N–H and O–H groups in total. The minimum absolute atomic E-state index is 0.0959. The highest BCUT2D eigenvalue weighted by Crippen LogP contribution is 2.21. The fourth-order valence-electron chi connectivity index (χ4n) is 2.28. The lowest BCUT2D eigenvalue weighted by molar-refractivity contribution is -0.00946. The lowest BCUT2D eigenvalue weighted by Crippen LogP contribution is -2.37. The van der Waals surface area contributed by atoms with Gasteiger partial charge in [-0.15, -0.1) is 0 Å². The first-order chi connectivity index (χ1) is 9.49. The van der Waals surface area contributed by atoms with E-state index in [0.29, 0.717) is 12.5 Å². The van der Waals surface area contributed by atoms with E-state index in [4.69, 9.17) is 14.4 Å². The van der Waals surface area contributed by atoms with Crippen molar-refractivity contribution in [2.75, 3.05) is 26.3 Å². The van der Waals surface area contributed by atoms with Crippen LogP contribution in [0.15, 0.2) is 4.52 Å². The third-order valence-corrected chi connectivity index (χ3v) is 3.45. The average Bonchev–Trinajstić information content (AvgIpc) is 2.86. The first kappa shape index (κ1) is 15.4. The molecule has 0 radical (unpaired) electrons. The summed E-state index contributed by atoms with van der Waals surface area (Å²) >= 11 is 0. The van der Waals surface area contributed by atoms with Crippen LogP contribution in [0.4, 0.5) is 0 Å². The van der Waals surface area contributed by atoms with Crippen LogP contribution in [0.2, 0.25) is 0 Å². The maximum Gasteiger partial charge on any atom is 0.232 e. The van der Waals surface area contributed by atoms with Gasteiger partial charge in [-0.3, -0.25) is 4.90 Å². The zero-order valence-electron chi connectivity index (χ0n) is 12.6. The van der Waals surface area contributed by atoms with Gasteiger partial charge in [-0.05, 0) is 12.8 Å². The topological polar surface area (TPSA) is 71.6 Å². The number of piperidine rings is 1. The number of hydrogen-bond donors (Lipinski definition) is 1. The van der Waals surface area contributed by atoms with Crippen LogP contribution in [0.5, 0.6) is 0 Å². The second-order valence-electron chi connectivity index (χ2n) is 6.34. The highest BCUT2D eigenvalue weighted by molar-refractivity contribution is 4.98. The Kier molecular flexibility index (Phi) is 5.12. The number of likely N-dealkylation sites (tertiary alicyclic amines) is 1. The minimum atomic E-state index is -0.101. The molecule has 20 heavy (non-hydrogen) atoms. The van der Waals surface area contributed by atoms with Gasteiger partial charge in [-0.2, -0.15) is 4.98 Å². The van der Waals surface area contributed by atoms with E-state index in [1.165, 1.54) is 0 Å². The zero-order chi connectivity index (χ0) is 14.6. The molecule has 0 spiro atoms. The van der Waals surface area contributed by atoms with Gasteiger partial charge in [-0.25, -0.2) is 0 Å². The molecule has 1 aliphatic rings. The number of aliphatic hydroxyl groups excluding tert-OH is 1. The van der Waals surface area contributed by atoms with Gasteiger partial charge in [0.05, 0.1) is 25.9 Å². The molecule has 1 saturated heterocycles. The van der Waals surface area contributed by atoms with E-state index in [-0.39, 0.29) is 18.1 Å². The van der Waals surface area contributed by atoms with E-state index in [1.807, 2.05) is 0 Å². The van der Waals surface area contributed by atoms with E-state index in [0.717, 1.165) is 38.3 Å². The van der Waals surface area contributed by atoms with Crippen LogP contribution in [-0.2, 0) is 16.7 Å². The predicted molar refractivity (Wildman–Crippen MR) is 74.3 cm³/mol. The van der Waals surface area contributed by atoms with E-state index >= 15 is 0 Å². The molecular weight excluding hydrogens is 258 g/mol. The summed E-state index contributed by atoms with van der Waals surface area (Å²) in [6, 6.07) is 0. The number of rotatable bonds is 5. The summed E-state index contributed by atoms with van der Waals surface area (Å²) in [4.78, 5) is 6.78. The SMILES string of the molecule is CC(C)(C)c1nc(CN2CCC(OCCO)CC2)no1. The molecule has 0 saturated carbocycles. The van der Waals surface area contributed by atoms with Crippen molar-refractivity contribution in [1.82, 2.24) is 15.0 Å².